The monoisotopic (exact) mass is 511 g/mol. The van der Waals surface area contributed by atoms with Crippen LogP contribution in [0.5, 0.6) is 5.75 Å². The van der Waals surface area contributed by atoms with E-state index in [1.54, 1.807) is 12.1 Å². The minimum absolute atomic E-state index is 0.00677. The number of carbonyl (C=O) groups is 4. The van der Waals surface area contributed by atoms with E-state index in [2.05, 4.69) is 34.9 Å². The number of nitrogens with one attached hydrogen (secondary N) is 1. The topological polar surface area (TPSA) is 105 Å². The average Bonchev–Trinajstić information content (AvgIpc) is 3.22. The van der Waals surface area contributed by atoms with Crippen molar-refractivity contribution in [2.45, 2.75) is 38.0 Å². The average molecular weight is 511 g/mol. The van der Waals surface area contributed by atoms with Crippen molar-refractivity contribution in [3.05, 3.63) is 46.5 Å². The molecule has 2 aromatic carbocycles. The van der Waals surface area contributed by atoms with Gasteiger partial charge in [-0.3, -0.25) is 24.5 Å². The molecule has 2 atom stereocenters. The second-order valence-electron chi connectivity index (χ2n) is 10.3. The summed E-state index contributed by atoms with van der Waals surface area (Å²) in [6.45, 7) is 2.08. The normalized spacial score (nSPS) is 20.4. The molecule has 3 heterocycles. The number of hydrogen-bond donors (Lipinski definition) is 1. The third-order valence-corrected chi connectivity index (χ3v) is 8.01. The van der Waals surface area contributed by atoms with Crippen LogP contribution in [0.3, 0.4) is 0 Å². The fourth-order valence-electron chi connectivity index (χ4n) is 5.66. The molecule has 0 aliphatic carbocycles. The second-order valence-corrected chi connectivity index (χ2v) is 10.3. The Bertz CT molecular complexity index is 1350. The fourth-order valence-corrected chi connectivity index (χ4v) is 5.66. The first-order chi connectivity index (χ1) is 18.2. The minimum atomic E-state index is -0.670. The summed E-state index contributed by atoms with van der Waals surface area (Å²) in [5.74, 6) is -0.351. The number of morpholine rings is 1. The molecule has 2 aromatic rings. The summed E-state index contributed by atoms with van der Waals surface area (Å²) < 4.78 is 11.7. The zero-order valence-electron chi connectivity index (χ0n) is 22.3. The highest BCUT2D eigenvalue weighted by Gasteiger charge is 2.40. The molecular weight excluding hydrogens is 482 g/mol. The van der Waals surface area contributed by atoms with Crippen LogP contribution in [-0.4, -0.2) is 90.6 Å². The highest BCUT2D eigenvalue weighted by atomic mass is 16.5. The number of rotatable bonds is 6. The van der Waals surface area contributed by atoms with Crippen LogP contribution in [0.2, 0.25) is 0 Å². The third kappa shape index (κ3) is 4.75. The van der Waals surface area contributed by atoms with Crippen LogP contribution in [0.15, 0.2) is 24.3 Å². The van der Waals surface area contributed by atoms with Gasteiger partial charge in [-0.05, 0) is 29.7 Å². The molecule has 0 bridgehead atoms. The molecule has 3 aliphatic heterocycles. The molecule has 2 saturated heterocycles. The lowest BCUT2D eigenvalue weighted by molar-refractivity contribution is -0.143. The summed E-state index contributed by atoms with van der Waals surface area (Å²) in [6, 6.07) is 6.55. The maximum atomic E-state index is 13.2. The highest BCUT2D eigenvalue weighted by molar-refractivity contribution is 6.52. The summed E-state index contributed by atoms with van der Waals surface area (Å²) >= 11 is 0. The van der Waals surface area contributed by atoms with Crippen molar-refractivity contribution in [3.8, 4) is 5.75 Å². The molecule has 3 aliphatic rings. The number of ether oxygens (including phenoxy) is 2. The molecule has 0 radical (unpaired) electrons. The molecule has 4 amide bonds. The number of imide groups is 1. The van der Waals surface area contributed by atoms with Crippen molar-refractivity contribution in [3.63, 3.8) is 0 Å². The van der Waals surface area contributed by atoms with Crippen LogP contribution >= 0.6 is 0 Å². The van der Waals surface area contributed by atoms with Crippen molar-refractivity contribution in [1.82, 2.24) is 15.1 Å². The van der Waals surface area contributed by atoms with Crippen molar-refractivity contribution in [1.29, 1.82) is 0 Å². The molecule has 38 heavy (non-hydrogen) atoms. The molecule has 192 valence electrons. The Morgan fingerprint density at radius 1 is 1.13 bits per heavy atom. The van der Waals surface area contributed by atoms with E-state index in [0.29, 0.717) is 37.4 Å². The number of amides is 4. The van der Waals surface area contributed by atoms with Gasteiger partial charge in [0.05, 0.1) is 19.2 Å². The van der Waals surface area contributed by atoms with E-state index >= 15 is 0 Å². The van der Waals surface area contributed by atoms with E-state index < -0.39 is 11.9 Å². The van der Waals surface area contributed by atoms with Gasteiger partial charge in [-0.2, -0.15) is 0 Å². The molecule has 2 fully saturated rings. The minimum Gasteiger partial charge on any atom is -0.495 e. The Hall–Kier alpha value is -3.46. The Morgan fingerprint density at radius 2 is 1.92 bits per heavy atom. The smallest absolute Gasteiger partial charge is 0.255 e. The molecular formula is C25H29B4N3O6. The summed E-state index contributed by atoms with van der Waals surface area (Å²) in [5.41, 5.74) is 6.78. The van der Waals surface area contributed by atoms with Crippen molar-refractivity contribution in [2.24, 2.45) is 0 Å². The zero-order chi connectivity index (χ0) is 27.1. The van der Waals surface area contributed by atoms with Crippen LogP contribution in [0, 0.1) is 0 Å². The van der Waals surface area contributed by atoms with E-state index in [0.717, 1.165) is 33.1 Å². The quantitative estimate of drug-likeness (QED) is 0.309. The van der Waals surface area contributed by atoms with Gasteiger partial charge >= 0.3 is 0 Å². The number of fused-ring (bicyclic) bond motifs is 1. The summed E-state index contributed by atoms with van der Waals surface area (Å²) in [6.07, 6.45) is 0.529. The SMILES string of the molecule is Bc1cc(C(B)Oc2cccc3c2CN(C2CCC(=O)NC2=O)C3=O)c(B)c(B)c1CN1CCOCC1=O. The first-order valence-corrected chi connectivity index (χ1v) is 13.0. The lowest BCUT2D eigenvalue weighted by atomic mass is 9.68. The number of nitrogens with zero attached hydrogens (tertiary/aromatic N) is 2. The van der Waals surface area contributed by atoms with Crippen LogP contribution in [0.25, 0.3) is 0 Å². The number of benzene rings is 2. The Morgan fingerprint density at radius 3 is 2.66 bits per heavy atom. The fraction of sp³-hybridized carbons (Fsp3) is 0.360. The molecule has 0 aromatic heterocycles. The van der Waals surface area contributed by atoms with Crippen LogP contribution in [0.4, 0.5) is 0 Å². The zero-order valence-corrected chi connectivity index (χ0v) is 22.3. The van der Waals surface area contributed by atoms with Crippen LogP contribution < -0.4 is 26.4 Å². The maximum absolute atomic E-state index is 13.2. The molecule has 1 N–H and O–H groups in total. The van der Waals surface area contributed by atoms with E-state index in [-0.39, 0.29) is 43.3 Å². The van der Waals surface area contributed by atoms with Crippen LogP contribution in [-0.2, 0) is 32.2 Å². The van der Waals surface area contributed by atoms with Gasteiger partial charge in [-0.15, -0.1) is 0 Å². The number of piperidine rings is 1. The molecule has 0 saturated carbocycles. The van der Waals surface area contributed by atoms with Gasteiger partial charge in [0.1, 0.15) is 41.9 Å². The van der Waals surface area contributed by atoms with E-state index in [1.165, 1.54) is 4.90 Å². The predicted molar refractivity (Wildman–Crippen MR) is 152 cm³/mol. The van der Waals surface area contributed by atoms with Crippen molar-refractivity contribution < 1.29 is 28.7 Å². The van der Waals surface area contributed by atoms with Crippen LogP contribution in [0.1, 0.15) is 45.9 Å². The Kier molecular flexibility index (Phi) is 7.13. The molecule has 5 rings (SSSR count). The first-order valence-electron chi connectivity index (χ1n) is 13.0. The van der Waals surface area contributed by atoms with Crippen molar-refractivity contribution >= 4 is 71.4 Å². The van der Waals surface area contributed by atoms with E-state index in [1.807, 2.05) is 18.8 Å². The lowest BCUT2D eigenvalue weighted by Gasteiger charge is -2.30. The first kappa shape index (κ1) is 26.2. The number of carbonyl (C=O) groups excluding carboxylic acids is 4. The molecule has 9 nitrogen and oxygen atoms in total. The largest absolute Gasteiger partial charge is 0.495 e. The van der Waals surface area contributed by atoms with Gasteiger partial charge in [0.25, 0.3) is 5.91 Å². The highest BCUT2D eigenvalue weighted by Crippen LogP contribution is 2.35. The van der Waals surface area contributed by atoms with Gasteiger partial charge in [-0.1, -0.05) is 28.5 Å². The lowest BCUT2D eigenvalue weighted by Crippen LogP contribution is -2.52. The maximum Gasteiger partial charge on any atom is 0.255 e. The van der Waals surface area contributed by atoms with E-state index in [4.69, 9.17) is 9.47 Å². The van der Waals surface area contributed by atoms with Gasteiger partial charge in [0, 0.05) is 30.6 Å². The van der Waals surface area contributed by atoms with Gasteiger partial charge in [0.2, 0.25) is 17.7 Å². The molecule has 13 heteroatoms. The Labute approximate surface area is 225 Å². The standard InChI is InChI=1S/C25H29B4N3O6/c26-16-8-13(21(27)22(28)15(16)9-31-6-7-37-11-20(31)34)23(29)38-18-3-1-2-12-14(18)10-32(25(12)36)17-4-5-19(33)30-24(17)35/h1-3,8,17,23H,4-7,9-11,26-29H2,(H,30,33,35). The Balaban J connectivity index is 1.37. The van der Waals surface area contributed by atoms with Crippen molar-refractivity contribution in [2.75, 3.05) is 19.8 Å². The molecule has 2 unspecified atom stereocenters. The van der Waals surface area contributed by atoms with Gasteiger partial charge < -0.3 is 19.3 Å². The second kappa shape index (κ2) is 10.4. The van der Waals surface area contributed by atoms with Gasteiger partial charge in [0.15, 0.2) is 7.85 Å². The number of hydrogen-bond acceptors (Lipinski definition) is 6. The summed E-state index contributed by atoms with van der Waals surface area (Å²) in [7, 11) is 8.19. The summed E-state index contributed by atoms with van der Waals surface area (Å²) in [4.78, 5) is 52.8. The van der Waals surface area contributed by atoms with Gasteiger partial charge in [-0.25, -0.2) is 0 Å². The summed E-state index contributed by atoms with van der Waals surface area (Å²) in [5, 5.41) is 2.34. The predicted octanol–water partition coefficient (Wildman–Crippen LogP) is -4.71. The third-order valence-electron chi connectivity index (χ3n) is 8.01. The molecule has 0 spiro atoms. The van der Waals surface area contributed by atoms with E-state index in [9.17, 15) is 19.2 Å².